The van der Waals surface area contributed by atoms with E-state index in [9.17, 15) is 0 Å². The van der Waals surface area contributed by atoms with Crippen molar-refractivity contribution in [3.63, 3.8) is 0 Å². The van der Waals surface area contributed by atoms with Gasteiger partial charge in [0.25, 0.3) is 0 Å². The van der Waals surface area contributed by atoms with E-state index in [0.717, 1.165) is 45.2 Å². The summed E-state index contributed by atoms with van der Waals surface area (Å²) in [6, 6.07) is 57.5. The highest BCUT2D eigenvalue weighted by molar-refractivity contribution is 5.76. The van der Waals surface area contributed by atoms with Crippen LogP contribution in [0.25, 0.3) is 56.3 Å². The first kappa shape index (κ1) is 26.5. The molecule has 0 fully saturated rings. The van der Waals surface area contributed by atoms with Crippen molar-refractivity contribution < 1.29 is 0 Å². The average Bonchev–Trinajstić information content (AvgIpc) is 3.10. The SMILES string of the molecule is c1ccc(-c2cc(-c3ccccc3)nc(-c3ccccc3)c2)cc1.c1ccc(-c2ccnc(-c3ccccc3)n2)cc1. The summed E-state index contributed by atoms with van der Waals surface area (Å²) in [5.74, 6) is 0.761. The van der Waals surface area contributed by atoms with Gasteiger partial charge in [-0.3, -0.25) is 0 Å². The summed E-state index contributed by atoms with van der Waals surface area (Å²) in [5, 5.41) is 0. The topological polar surface area (TPSA) is 38.7 Å². The van der Waals surface area contributed by atoms with E-state index < -0.39 is 0 Å². The Morgan fingerprint density at radius 2 is 0.667 bits per heavy atom. The molecule has 2 aromatic heterocycles. The van der Waals surface area contributed by atoms with Crippen LogP contribution in [0.1, 0.15) is 0 Å². The van der Waals surface area contributed by atoms with Crippen molar-refractivity contribution in [1.82, 2.24) is 15.0 Å². The van der Waals surface area contributed by atoms with Crippen molar-refractivity contribution in [3.05, 3.63) is 176 Å². The molecule has 3 nitrogen and oxygen atoms in total. The molecule has 3 heteroatoms. The minimum atomic E-state index is 0.761. The average molecular weight is 540 g/mol. The van der Waals surface area contributed by atoms with Crippen molar-refractivity contribution in [2.24, 2.45) is 0 Å². The highest BCUT2D eigenvalue weighted by Gasteiger charge is 2.08. The number of hydrogen-bond acceptors (Lipinski definition) is 3. The van der Waals surface area contributed by atoms with Crippen LogP contribution in [-0.4, -0.2) is 15.0 Å². The highest BCUT2D eigenvalue weighted by atomic mass is 14.9. The molecule has 0 atom stereocenters. The van der Waals surface area contributed by atoms with Gasteiger partial charge in [0.1, 0.15) is 0 Å². The molecule has 2 heterocycles. The van der Waals surface area contributed by atoms with Crippen LogP contribution >= 0.6 is 0 Å². The molecule has 0 aliphatic rings. The van der Waals surface area contributed by atoms with Gasteiger partial charge in [-0.1, -0.05) is 152 Å². The van der Waals surface area contributed by atoms with Crippen molar-refractivity contribution >= 4 is 0 Å². The number of pyridine rings is 1. The van der Waals surface area contributed by atoms with Crippen LogP contribution in [0.2, 0.25) is 0 Å². The lowest BCUT2D eigenvalue weighted by molar-refractivity contribution is 1.18. The maximum Gasteiger partial charge on any atom is 0.159 e. The number of benzene rings is 5. The quantitative estimate of drug-likeness (QED) is 0.218. The maximum absolute atomic E-state index is 4.90. The van der Waals surface area contributed by atoms with Gasteiger partial charge in [-0.25, -0.2) is 15.0 Å². The normalized spacial score (nSPS) is 10.4. The van der Waals surface area contributed by atoms with Crippen LogP contribution in [0, 0.1) is 0 Å². The molecule has 0 aliphatic carbocycles. The summed E-state index contributed by atoms with van der Waals surface area (Å²) >= 11 is 0. The molecule has 0 unspecified atom stereocenters. The molecule has 0 amide bonds. The lowest BCUT2D eigenvalue weighted by Crippen LogP contribution is -1.90. The Bertz CT molecular complexity index is 1640. The Balaban J connectivity index is 0.000000157. The molecule has 0 radical (unpaired) electrons. The molecule has 0 N–H and O–H groups in total. The molecule has 0 saturated heterocycles. The second-order valence-electron chi connectivity index (χ2n) is 9.72. The highest BCUT2D eigenvalue weighted by Crippen LogP contribution is 2.30. The summed E-state index contributed by atoms with van der Waals surface area (Å²) in [6.45, 7) is 0. The molecule has 0 aliphatic heterocycles. The number of nitrogens with zero attached hydrogens (tertiary/aromatic N) is 3. The van der Waals surface area contributed by atoms with Crippen molar-refractivity contribution in [3.8, 4) is 56.3 Å². The van der Waals surface area contributed by atoms with Crippen LogP contribution in [0.3, 0.4) is 0 Å². The minimum absolute atomic E-state index is 0.761. The first-order valence-corrected chi connectivity index (χ1v) is 14.0. The van der Waals surface area contributed by atoms with Crippen molar-refractivity contribution in [2.75, 3.05) is 0 Å². The molecule has 42 heavy (non-hydrogen) atoms. The zero-order valence-corrected chi connectivity index (χ0v) is 23.1. The molecule has 0 bridgehead atoms. The number of rotatable bonds is 5. The third-order valence-electron chi connectivity index (χ3n) is 6.83. The molecule has 0 saturated carbocycles. The van der Waals surface area contributed by atoms with Crippen molar-refractivity contribution in [2.45, 2.75) is 0 Å². The van der Waals surface area contributed by atoms with E-state index in [0.29, 0.717) is 0 Å². The zero-order valence-electron chi connectivity index (χ0n) is 23.1. The van der Waals surface area contributed by atoms with Gasteiger partial charge in [0.15, 0.2) is 5.82 Å². The van der Waals surface area contributed by atoms with Gasteiger partial charge in [0.05, 0.1) is 17.1 Å². The van der Waals surface area contributed by atoms with E-state index in [4.69, 9.17) is 4.98 Å². The number of hydrogen-bond donors (Lipinski definition) is 0. The fraction of sp³-hybridized carbons (Fsp3) is 0. The fourth-order valence-corrected chi connectivity index (χ4v) is 4.70. The minimum Gasteiger partial charge on any atom is -0.248 e. The number of aromatic nitrogens is 3. The molecule has 0 spiro atoms. The first-order valence-electron chi connectivity index (χ1n) is 14.0. The standard InChI is InChI=1S/C23H17N.C16H12N2/c1-4-10-18(11-5-1)21-16-22(19-12-6-2-7-13-19)24-23(17-21)20-14-8-3-9-15-20;1-3-7-13(8-4-1)15-11-12-17-16(18-15)14-9-5-2-6-10-14/h1-17H;1-12H. The Morgan fingerprint density at radius 1 is 0.286 bits per heavy atom. The molecular weight excluding hydrogens is 510 g/mol. The van der Waals surface area contributed by atoms with Gasteiger partial charge in [0.2, 0.25) is 0 Å². The second-order valence-corrected chi connectivity index (χ2v) is 9.72. The summed E-state index contributed by atoms with van der Waals surface area (Å²) in [4.78, 5) is 13.8. The molecule has 5 aromatic carbocycles. The predicted octanol–water partition coefficient (Wildman–Crippen LogP) is 9.89. The van der Waals surface area contributed by atoms with E-state index in [1.165, 1.54) is 11.1 Å². The summed E-state index contributed by atoms with van der Waals surface area (Å²) in [6.07, 6.45) is 1.80. The Hall–Kier alpha value is -5.67. The van der Waals surface area contributed by atoms with Gasteiger partial charge in [-0.15, -0.1) is 0 Å². The van der Waals surface area contributed by atoms with E-state index >= 15 is 0 Å². The van der Waals surface area contributed by atoms with Gasteiger partial charge >= 0.3 is 0 Å². The Kier molecular flexibility index (Phi) is 8.29. The van der Waals surface area contributed by atoms with Crippen LogP contribution in [0.5, 0.6) is 0 Å². The van der Waals surface area contributed by atoms with Crippen LogP contribution in [0.4, 0.5) is 0 Å². The van der Waals surface area contributed by atoms with Crippen molar-refractivity contribution in [1.29, 1.82) is 0 Å². The lowest BCUT2D eigenvalue weighted by atomic mass is 10.00. The van der Waals surface area contributed by atoms with E-state index in [-0.39, 0.29) is 0 Å². The van der Waals surface area contributed by atoms with Gasteiger partial charge < -0.3 is 0 Å². The molecular formula is C39H29N3. The monoisotopic (exact) mass is 539 g/mol. The third-order valence-corrected chi connectivity index (χ3v) is 6.83. The molecule has 200 valence electrons. The smallest absolute Gasteiger partial charge is 0.159 e. The zero-order chi connectivity index (χ0) is 28.4. The second kappa shape index (κ2) is 13.1. The largest absolute Gasteiger partial charge is 0.248 e. The van der Waals surface area contributed by atoms with Gasteiger partial charge in [-0.2, -0.15) is 0 Å². The van der Waals surface area contributed by atoms with E-state index in [1.54, 1.807) is 6.20 Å². The summed E-state index contributed by atoms with van der Waals surface area (Å²) in [7, 11) is 0. The fourth-order valence-electron chi connectivity index (χ4n) is 4.70. The van der Waals surface area contributed by atoms with Crippen LogP contribution in [0.15, 0.2) is 176 Å². The van der Waals surface area contributed by atoms with E-state index in [1.807, 2.05) is 97.1 Å². The van der Waals surface area contributed by atoms with Gasteiger partial charge in [-0.05, 0) is 29.3 Å². The predicted molar refractivity (Wildman–Crippen MR) is 173 cm³/mol. The van der Waals surface area contributed by atoms with Gasteiger partial charge in [0, 0.05) is 28.5 Å². The Labute approximate surface area is 246 Å². The third kappa shape index (κ3) is 6.55. The van der Waals surface area contributed by atoms with Crippen LogP contribution < -0.4 is 0 Å². The summed E-state index contributed by atoms with van der Waals surface area (Å²) < 4.78 is 0. The maximum atomic E-state index is 4.90. The van der Waals surface area contributed by atoms with E-state index in [2.05, 4.69) is 82.8 Å². The Morgan fingerprint density at radius 3 is 1.12 bits per heavy atom. The lowest BCUT2D eigenvalue weighted by Gasteiger charge is -2.10. The molecule has 7 rings (SSSR count). The summed E-state index contributed by atoms with van der Waals surface area (Å²) in [5.41, 5.74) is 9.74. The molecule has 7 aromatic rings. The first-order chi connectivity index (χ1) is 20.8. The van der Waals surface area contributed by atoms with Crippen LogP contribution in [-0.2, 0) is 0 Å².